The van der Waals surface area contributed by atoms with E-state index in [1.54, 1.807) is 0 Å². The Balaban J connectivity index is 3.80. The fourth-order valence-electron chi connectivity index (χ4n) is 0.203. The van der Waals surface area contributed by atoms with Crippen molar-refractivity contribution in [3.8, 4) is 0 Å². The Morgan fingerprint density at radius 2 is 2.00 bits per heavy atom. The van der Waals surface area contributed by atoms with E-state index in [4.69, 9.17) is 33.0 Å². The molecule has 0 aliphatic carbocycles. The van der Waals surface area contributed by atoms with Gasteiger partial charge in [-0.1, -0.05) is 23.2 Å². The minimum atomic E-state index is -4.52. The largest absolute Gasteiger partial charge is 0.486 e. The highest BCUT2D eigenvalue weighted by Gasteiger charge is 2.21. The van der Waals surface area contributed by atoms with Crippen molar-refractivity contribution in [1.82, 2.24) is 5.06 Å². The van der Waals surface area contributed by atoms with Crippen LogP contribution in [0, 0.1) is 0 Å². The third kappa shape index (κ3) is 5.44. The average Bonchev–Trinajstić information content (AvgIpc) is 1.60. The maximum absolute atomic E-state index is 10.1. The summed E-state index contributed by atoms with van der Waals surface area (Å²) in [4.78, 5) is 15.2. The number of hydrogen-bond donors (Lipinski definition) is 2. The summed E-state index contributed by atoms with van der Waals surface area (Å²) in [6.45, 7) is 0. The van der Waals surface area contributed by atoms with Crippen molar-refractivity contribution >= 4 is 31.0 Å². The molecule has 0 aliphatic rings. The lowest BCUT2D eigenvalue weighted by molar-refractivity contribution is -0.0510. The quantitative estimate of drug-likeness (QED) is 0.310. The van der Waals surface area contributed by atoms with Gasteiger partial charge in [-0.15, -0.1) is 5.06 Å². The zero-order valence-electron chi connectivity index (χ0n) is 4.94. The molecule has 0 heterocycles. The van der Waals surface area contributed by atoms with E-state index < -0.39 is 12.8 Å². The van der Waals surface area contributed by atoms with Gasteiger partial charge >= 0.3 is 7.82 Å². The Labute approximate surface area is 67.7 Å². The lowest BCUT2D eigenvalue weighted by Crippen LogP contribution is -2.21. The van der Waals surface area contributed by atoms with Crippen LogP contribution in [0.1, 0.15) is 0 Å². The Morgan fingerprint density at radius 1 is 1.60 bits per heavy atom. The van der Waals surface area contributed by atoms with Crippen molar-refractivity contribution in [1.29, 1.82) is 0 Å². The molecule has 0 rings (SSSR count). The van der Waals surface area contributed by atoms with Crippen LogP contribution in [0.2, 0.25) is 0 Å². The minimum absolute atomic E-state index is 0.643. The molecular formula is C2H6Cl2NO4P. The second-order valence-electron chi connectivity index (χ2n) is 1.40. The van der Waals surface area contributed by atoms with E-state index in [-0.39, 0.29) is 0 Å². The van der Waals surface area contributed by atoms with Gasteiger partial charge in [0, 0.05) is 7.05 Å². The molecule has 0 fully saturated rings. The van der Waals surface area contributed by atoms with Crippen molar-refractivity contribution in [3.05, 3.63) is 0 Å². The van der Waals surface area contributed by atoms with Crippen LogP contribution in [0.3, 0.4) is 0 Å². The van der Waals surface area contributed by atoms with Crippen molar-refractivity contribution < 1.29 is 19.0 Å². The van der Waals surface area contributed by atoms with Gasteiger partial charge in [0.1, 0.15) is 0 Å². The van der Waals surface area contributed by atoms with Crippen LogP contribution in [0.15, 0.2) is 0 Å². The van der Waals surface area contributed by atoms with E-state index in [0.717, 1.165) is 0 Å². The molecule has 2 N–H and O–H groups in total. The fourth-order valence-corrected chi connectivity index (χ4v) is 0.824. The highest BCUT2D eigenvalue weighted by Crippen LogP contribution is 2.37. The normalized spacial score (nSPS) is 13.1. The first-order valence-electron chi connectivity index (χ1n) is 2.09. The van der Waals surface area contributed by atoms with E-state index >= 15 is 0 Å². The SMILES string of the molecule is CN(OP(=O)(O)O)C(Cl)Cl. The third-order valence-electron chi connectivity index (χ3n) is 0.510. The highest BCUT2D eigenvalue weighted by molar-refractivity contribution is 7.46. The molecule has 0 saturated carbocycles. The third-order valence-corrected chi connectivity index (χ3v) is 1.53. The summed E-state index contributed by atoms with van der Waals surface area (Å²) in [6.07, 6.45) is 0. The van der Waals surface area contributed by atoms with Gasteiger partial charge in [-0.25, -0.2) is 4.57 Å². The van der Waals surface area contributed by atoms with Crippen molar-refractivity contribution in [3.63, 3.8) is 0 Å². The van der Waals surface area contributed by atoms with Crippen LogP contribution in [0.25, 0.3) is 0 Å². The van der Waals surface area contributed by atoms with Gasteiger partial charge in [0.25, 0.3) is 0 Å². The second-order valence-corrected chi connectivity index (χ2v) is 3.59. The van der Waals surface area contributed by atoms with Gasteiger partial charge in [0.2, 0.25) is 0 Å². The molecule has 0 spiro atoms. The van der Waals surface area contributed by atoms with Crippen LogP contribution in [0.5, 0.6) is 0 Å². The fraction of sp³-hybridized carbons (Fsp3) is 1.00. The van der Waals surface area contributed by atoms with Crippen LogP contribution >= 0.6 is 31.0 Å². The summed E-state index contributed by atoms with van der Waals surface area (Å²) in [5.41, 5.74) is 0. The number of phosphoric acid groups is 1. The summed E-state index contributed by atoms with van der Waals surface area (Å²) in [5.74, 6) is 0. The molecule has 0 aromatic rings. The number of halogens is 2. The predicted molar refractivity (Wildman–Crippen MR) is 36.4 cm³/mol. The topological polar surface area (TPSA) is 70.0 Å². The van der Waals surface area contributed by atoms with Gasteiger partial charge in [0.15, 0.2) is 4.96 Å². The molecule has 62 valence electrons. The van der Waals surface area contributed by atoms with Crippen LogP contribution in [-0.2, 0) is 9.19 Å². The lowest BCUT2D eigenvalue weighted by Gasteiger charge is -2.16. The maximum Gasteiger partial charge on any atom is 0.486 e. The number of nitrogens with zero attached hydrogens (tertiary/aromatic N) is 1. The maximum atomic E-state index is 10.1. The first-order valence-corrected chi connectivity index (χ1v) is 4.49. The summed E-state index contributed by atoms with van der Waals surface area (Å²) in [5, 5.41) is 0.643. The zero-order valence-corrected chi connectivity index (χ0v) is 7.34. The molecule has 0 aromatic carbocycles. The van der Waals surface area contributed by atoms with Gasteiger partial charge in [-0.2, -0.15) is 4.62 Å². The number of rotatable bonds is 3. The van der Waals surface area contributed by atoms with Gasteiger partial charge in [-0.3, -0.25) is 0 Å². The number of alkyl halides is 2. The minimum Gasteiger partial charge on any atom is -0.302 e. The molecule has 0 radical (unpaired) electrons. The summed E-state index contributed by atoms with van der Waals surface area (Å²) < 4.78 is 14.0. The summed E-state index contributed by atoms with van der Waals surface area (Å²) in [6, 6.07) is 0. The van der Waals surface area contributed by atoms with E-state index in [0.29, 0.717) is 5.06 Å². The van der Waals surface area contributed by atoms with Gasteiger partial charge < -0.3 is 9.79 Å². The standard InChI is InChI=1S/C2H6Cl2NO4P/c1-5(2(3)4)9-10(6,7)8/h2H,1H3,(H2,6,7,8). The Hall–Kier alpha value is 0.650. The van der Waals surface area contributed by atoms with E-state index in [1.165, 1.54) is 7.05 Å². The first-order chi connectivity index (χ1) is 4.33. The molecular weight excluding hydrogens is 204 g/mol. The van der Waals surface area contributed by atoms with Crippen molar-refractivity contribution in [2.45, 2.75) is 4.96 Å². The molecule has 8 heteroatoms. The summed E-state index contributed by atoms with van der Waals surface area (Å²) >= 11 is 10.3. The first kappa shape index (κ1) is 10.7. The predicted octanol–water partition coefficient (Wildman–Crippen LogP) is 0.704. The van der Waals surface area contributed by atoms with Crippen LogP contribution in [0.4, 0.5) is 0 Å². The molecule has 0 saturated heterocycles. The second kappa shape index (κ2) is 3.88. The van der Waals surface area contributed by atoms with Crippen LogP contribution < -0.4 is 0 Å². The molecule has 10 heavy (non-hydrogen) atoms. The van der Waals surface area contributed by atoms with Crippen LogP contribution in [-0.4, -0.2) is 26.9 Å². The monoisotopic (exact) mass is 209 g/mol. The molecule has 0 aliphatic heterocycles. The smallest absolute Gasteiger partial charge is 0.302 e. The molecule has 5 nitrogen and oxygen atoms in total. The molecule has 0 atom stereocenters. The molecule has 0 aromatic heterocycles. The average molecular weight is 210 g/mol. The summed E-state index contributed by atoms with van der Waals surface area (Å²) in [7, 11) is -3.32. The zero-order chi connectivity index (χ0) is 8.36. The van der Waals surface area contributed by atoms with E-state index in [1.807, 2.05) is 0 Å². The number of hydrogen-bond acceptors (Lipinski definition) is 3. The van der Waals surface area contributed by atoms with Gasteiger partial charge in [-0.05, 0) is 0 Å². The molecule has 0 bridgehead atoms. The Bertz CT molecular complexity index is 146. The molecule has 0 amide bonds. The lowest BCUT2D eigenvalue weighted by atomic mass is 11.2. The highest BCUT2D eigenvalue weighted by atomic mass is 35.5. The van der Waals surface area contributed by atoms with E-state index in [9.17, 15) is 4.57 Å². The molecule has 0 unspecified atom stereocenters. The van der Waals surface area contributed by atoms with Gasteiger partial charge in [0.05, 0.1) is 0 Å². The van der Waals surface area contributed by atoms with Crippen molar-refractivity contribution in [2.75, 3.05) is 7.05 Å². The Kier molecular flexibility index (Phi) is 4.13. The van der Waals surface area contributed by atoms with Crippen molar-refractivity contribution in [2.24, 2.45) is 0 Å². The van der Waals surface area contributed by atoms with E-state index in [2.05, 4.69) is 4.62 Å². The Morgan fingerprint density at radius 3 is 2.10 bits per heavy atom. The number of hydroxylamine groups is 2.